The summed E-state index contributed by atoms with van der Waals surface area (Å²) in [5.74, 6) is -0.401. The first-order chi connectivity index (χ1) is 10.1. The second kappa shape index (κ2) is 7.18. The van der Waals surface area contributed by atoms with Crippen LogP contribution in [0.15, 0.2) is 33.4 Å². The molecule has 1 N–H and O–H groups in total. The Bertz CT molecular complexity index is 612. The number of halogens is 3. The van der Waals surface area contributed by atoms with Gasteiger partial charge in [-0.3, -0.25) is 0 Å². The third kappa shape index (κ3) is 3.35. The van der Waals surface area contributed by atoms with Gasteiger partial charge in [0.15, 0.2) is 0 Å². The van der Waals surface area contributed by atoms with Gasteiger partial charge in [-0.2, -0.15) is 0 Å². The molecule has 0 aliphatic heterocycles. The minimum Gasteiger partial charge on any atom is -0.469 e. The van der Waals surface area contributed by atoms with Gasteiger partial charge in [-0.1, -0.05) is 13.8 Å². The summed E-state index contributed by atoms with van der Waals surface area (Å²) in [6.45, 7) is 4.62. The van der Waals surface area contributed by atoms with Crippen LogP contribution in [0.4, 0.5) is 8.78 Å². The first kappa shape index (κ1) is 16.2. The van der Waals surface area contributed by atoms with E-state index in [2.05, 4.69) is 21.2 Å². The van der Waals surface area contributed by atoms with Crippen LogP contribution >= 0.6 is 15.9 Å². The van der Waals surface area contributed by atoms with E-state index in [9.17, 15) is 8.78 Å². The molecule has 21 heavy (non-hydrogen) atoms. The number of furan rings is 1. The molecule has 1 heterocycles. The van der Waals surface area contributed by atoms with Crippen molar-refractivity contribution in [3.05, 3.63) is 57.5 Å². The molecule has 0 saturated heterocycles. The molecule has 0 radical (unpaired) electrons. The second-order valence-electron chi connectivity index (χ2n) is 4.80. The Kier molecular flexibility index (Phi) is 5.53. The Morgan fingerprint density at radius 3 is 2.67 bits per heavy atom. The molecule has 2 aromatic rings. The van der Waals surface area contributed by atoms with Gasteiger partial charge in [0, 0.05) is 17.5 Å². The molecule has 1 aromatic heterocycles. The summed E-state index contributed by atoms with van der Waals surface area (Å²) in [6.07, 6.45) is 3.10. The molecular weight excluding hydrogens is 340 g/mol. The van der Waals surface area contributed by atoms with Crippen LogP contribution in [0.25, 0.3) is 0 Å². The number of rotatable bonds is 6. The fourth-order valence-corrected chi connectivity index (χ4v) is 2.70. The van der Waals surface area contributed by atoms with E-state index in [0.717, 1.165) is 17.7 Å². The van der Waals surface area contributed by atoms with Crippen LogP contribution in [0.5, 0.6) is 0 Å². The van der Waals surface area contributed by atoms with Gasteiger partial charge in [-0.15, -0.1) is 0 Å². The maximum absolute atomic E-state index is 14.4. The fourth-order valence-electron chi connectivity index (χ4n) is 2.36. The van der Waals surface area contributed by atoms with Crippen molar-refractivity contribution in [3.63, 3.8) is 0 Å². The third-order valence-electron chi connectivity index (χ3n) is 3.38. The minimum absolute atomic E-state index is 0.0222. The van der Waals surface area contributed by atoms with E-state index in [0.29, 0.717) is 13.0 Å². The van der Waals surface area contributed by atoms with E-state index in [4.69, 9.17) is 4.42 Å². The van der Waals surface area contributed by atoms with Crippen LogP contribution in [0.2, 0.25) is 0 Å². The summed E-state index contributed by atoms with van der Waals surface area (Å²) >= 11 is 3.12. The van der Waals surface area contributed by atoms with Gasteiger partial charge in [0.1, 0.15) is 17.4 Å². The van der Waals surface area contributed by atoms with Gasteiger partial charge in [-0.25, -0.2) is 8.78 Å². The molecule has 0 saturated carbocycles. The van der Waals surface area contributed by atoms with E-state index >= 15 is 0 Å². The molecule has 0 fully saturated rings. The number of aryl methyl sites for hydroxylation is 1. The first-order valence-corrected chi connectivity index (χ1v) is 7.82. The quantitative estimate of drug-likeness (QED) is 0.738. The average Bonchev–Trinajstić information content (AvgIpc) is 2.95. The van der Waals surface area contributed by atoms with Crippen molar-refractivity contribution in [1.82, 2.24) is 5.32 Å². The standard InChI is InChI=1S/C16H18BrF2NO/c1-3-8-20-16(10-7-9-21-13(10)4-2)14-12(18)6-5-11(17)15(14)19/h5-7,9,16,20H,3-4,8H2,1-2H3. The second-order valence-corrected chi connectivity index (χ2v) is 5.65. The van der Waals surface area contributed by atoms with E-state index in [-0.39, 0.29) is 10.0 Å². The van der Waals surface area contributed by atoms with Gasteiger partial charge >= 0.3 is 0 Å². The van der Waals surface area contributed by atoms with Crippen LogP contribution in [0, 0.1) is 11.6 Å². The van der Waals surface area contributed by atoms with E-state index < -0.39 is 17.7 Å². The van der Waals surface area contributed by atoms with Gasteiger partial charge in [-0.05, 0) is 47.1 Å². The SMILES string of the molecule is CCCNC(c1ccoc1CC)c1c(F)ccc(Br)c1F. The Morgan fingerprint density at radius 2 is 2.00 bits per heavy atom. The molecule has 0 aliphatic carbocycles. The molecule has 2 rings (SSSR count). The maximum atomic E-state index is 14.4. The zero-order valence-electron chi connectivity index (χ0n) is 12.1. The van der Waals surface area contributed by atoms with Crippen LogP contribution in [0.3, 0.4) is 0 Å². The van der Waals surface area contributed by atoms with E-state index in [1.165, 1.54) is 12.1 Å². The van der Waals surface area contributed by atoms with Crippen LogP contribution in [-0.2, 0) is 6.42 Å². The highest BCUT2D eigenvalue weighted by molar-refractivity contribution is 9.10. The highest BCUT2D eigenvalue weighted by Crippen LogP contribution is 2.33. The summed E-state index contributed by atoms with van der Waals surface area (Å²) in [7, 11) is 0. The minimum atomic E-state index is -0.577. The van der Waals surface area contributed by atoms with Gasteiger partial charge in [0.05, 0.1) is 16.8 Å². The predicted octanol–water partition coefficient (Wildman–Crippen LogP) is 4.97. The normalized spacial score (nSPS) is 12.6. The van der Waals surface area contributed by atoms with Crippen LogP contribution in [-0.4, -0.2) is 6.54 Å². The summed E-state index contributed by atoms with van der Waals surface area (Å²) in [6, 6.07) is 3.86. The van der Waals surface area contributed by atoms with Crippen molar-refractivity contribution >= 4 is 15.9 Å². The average molecular weight is 358 g/mol. The van der Waals surface area contributed by atoms with Crippen molar-refractivity contribution < 1.29 is 13.2 Å². The smallest absolute Gasteiger partial charge is 0.145 e. The zero-order chi connectivity index (χ0) is 15.4. The largest absolute Gasteiger partial charge is 0.469 e. The monoisotopic (exact) mass is 357 g/mol. The van der Waals surface area contributed by atoms with Gasteiger partial charge in [0.2, 0.25) is 0 Å². The lowest BCUT2D eigenvalue weighted by atomic mass is 9.97. The van der Waals surface area contributed by atoms with Crippen molar-refractivity contribution in [2.45, 2.75) is 32.7 Å². The summed E-state index contributed by atoms with van der Waals surface area (Å²) in [5, 5.41) is 3.21. The number of nitrogens with one attached hydrogen (secondary N) is 1. The van der Waals surface area contributed by atoms with Crippen molar-refractivity contribution in [2.75, 3.05) is 6.54 Å². The van der Waals surface area contributed by atoms with Gasteiger partial charge < -0.3 is 9.73 Å². The van der Waals surface area contributed by atoms with E-state index in [1.807, 2.05) is 13.8 Å². The summed E-state index contributed by atoms with van der Waals surface area (Å²) in [4.78, 5) is 0. The number of hydrogen-bond acceptors (Lipinski definition) is 2. The highest BCUT2D eigenvalue weighted by Gasteiger charge is 2.26. The molecule has 2 nitrogen and oxygen atoms in total. The molecule has 114 valence electrons. The Hall–Kier alpha value is -1.20. The third-order valence-corrected chi connectivity index (χ3v) is 3.99. The number of hydrogen-bond donors (Lipinski definition) is 1. The zero-order valence-corrected chi connectivity index (χ0v) is 13.6. The molecule has 1 atom stereocenters. The van der Waals surface area contributed by atoms with E-state index in [1.54, 1.807) is 12.3 Å². The Balaban J connectivity index is 2.53. The lowest BCUT2D eigenvalue weighted by Crippen LogP contribution is -2.25. The Morgan fingerprint density at radius 1 is 1.24 bits per heavy atom. The van der Waals surface area contributed by atoms with Crippen molar-refractivity contribution in [3.8, 4) is 0 Å². The highest BCUT2D eigenvalue weighted by atomic mass is 79.9. The molecule has 5 heteroatoms. The van der Waals surface area contributed by atoms with Crippen LogP contribution < -0.4 is 5.32 Å². The van der Waals surface area contributed by atoms with Crippen LogP contribution in [0.1, 0.15) is 43.2 Å². The molecule has 0 bridgehead atoms. The molecule has 1 unspecified atom stereocenters. The molecule has 0 spiro atoms. The topological polar surface area (TPSA) is 25.2 Å². The Labute approximate surface area is 131 Å². The van der Waals surface area contributed by atoms with Crippen molar-refractivity contribution in [1.29, 1.82) is 0 Å². The molecule has 0 amide bonds. The lowest BCUT2D eigenvalue weighted by Gasteiger charge is -2.21. The summed E-state index contributed by atoms with van der Waals surface area (Å²) in [5.41, 5.74) is 0.802. The van der Waals surface area contributed by atoms with Gasteiger partial charge in [0.25, 0.3) is 0 Å². The molecule has 0 aliphatic rings. The lowest BCUT2D eigenvalue weighted by molar-refractivity contribution is 0.478. The predicted molar refractivity (Wildman–Crippen MR) is 82.3 cm³/mol. The fraction of sp³-hybridized carbons (Fsp3) is 0.375. The number of benzene rings is 1. The maximum Gasteiger partial charge on any atom is 0.145 e. The van der Waals surface area contributed by atoms with Crippen molar-refractivity contribution in [2.24, 2.45) is 0 Å². The molecule has 1 aromatic carbocycles. The molecular formula is C16H18BrF2NO. The summed E-state index contributed by atoms with van der Waals surface area (Å²) < 4.78 is 34.3. The first-order valence-electron chi connectivity index (χ1n) is 7.03.